The maximum atomic E-state index is 2.28. The van der Waals surface area contributed by atoms with E-state index in [0.29, 0.717) is 0 Å². The fourth-order valence-corrected chi connectivity index (χ4v) is 10.9. The number of rotatable bonds is 8. The summed E-state index contributed by atoms with van der Waals surface area (Å²) in [5.41, 5.74) is 2.56. The van der Waals surface area contributed by atoms with Crippen molar-refractivity contribution >= 4 is 68.0 Å². The van der Waals surface area contributed by atoms with Crippen molar-refractivity contribution in [1.82, 2.24) is 0 Å². The average Bonchev–Trinajstić information content (AvgIpc) is 3.84. The minimum Gasteiger partial charge on any atom is -0.139 e. The third kappa shape index (κ3) is 5.25. The maximum absolute atomic E-state index is 2.28. The van der Waals surface area contributed by atoms with Gasteiger partial charge in [-0.15, -0.1) is 68.0 Å². The maximum Gasteiger partial charge on any atom is 0.0449 e. The van der Waals surface area contributed by atoms with Crippen molar-refractivity contribution in [1.29, 1.82) is 0 Å². The Bertz CT molecular complexity index is 1740. The Kier molecular flexibility index (Phi) is 7.48. The van der Waals surface area contributed by atoms with Crippen LogP contribution in [0.1, 0.15) is 23.6 Å². The van der Waals surface area contributed by atoms with Gasteiger partial charge in [-0.25, -0.2) is 0 Å². The van der Waals surface area contributed by atoms with Gasteiger partial charge in [-0.2, -0.15) is 0 Å². The highest BCUT2D eigenvalue weighted by Gasteiger charge is 2.13. The second-order valence-corrected chi connectivity index (χ2v) is 16.1. The van der Waals surface area contributed by atoms with Gasteiger partial charge in [0.15, 0.2) is 0 Å². The van der Waals surface area contributed by atoms with Gasteiger partial charge in [0.25, 0.3) is 0 Å². The third-order valence-corrected chi connectivity index (χ3v) is 14.6. The Morgan fingerprint density at radius 2 is 0.550 bits per heavy atom. The highest BCUT2D eigenvalue weighted by Crippen LogP contribution is 2.44. The van der Waals surface area contributed by atoms with Crippen LogP contribution >= 0.6 is 68.0 Å². The van der Waals surface area contributed by atoms with Crippen molar-refractivity contribution in [2.45, 2.75) is 26.7 Å². The Labute approximate surface area is 259 Å². The third-order valence-electron chi connectivity index (χ3n) is 6.87. The molecule has 7 aromatic rings. The Morgan fingerprint density at radius 1 is 0.300 bits per heavy atom. The lowest BCUT2D eigenvalue weighted by atomic mass is 10.1. The van der Waals surface area contributed by atoms with Crippen LogP contribution in [0, 0.1) is 0 Å². The van der Waals surface area contributed by atoms with Gasteiger partial charge >= 0.3 is 0 Å². The van der Waals surface area contributed by atoms with E-state index in [1.165, 1.54) is 69.7 Å². The van der Waals surface area contributed by atoms with Crippen molar-refractivity contribution in [3.63, 3.8) is 0 Å². The van der Waals surface area contributed by atoms with Crippen LogP contribution in [-0.2, 0) is 12.8 Å². The summed E-state index contributed by atoms with van der Waals surface area (Å²) in [6, 6.07) is 36.3. The lowest BCUT2D eigenvalue weighted by Gasteiger charge is -2.01. The molecular weight excluding hydrogens is 601 g/mol. The van der Waals surface area contributed by atoms with E-state index in [4.69, 9.17) is 0 Å². The van der Waals surface area contributed by atoms with Crippen LogP contribution in [0.15, 0.2) is 97.1 Å². The fourth-order valence-electron chi connectivity index (χ4n) is 4.66. The molecule has 0 saturated carbocycles. The minimum absolute atomic E-state index is 1.11. The number of benzene rings is 1. The molecule has 0 bridgehead atoms. The van der Waals surface area contributed by atoms with E-state index in [9.17, 15) is 0 Å². The second kappa shape index (κ2) is 11.4. The van der Waals surface area contributed by atoms with E-state index in [2.05, 4.69) is 111 Å². The summed E-state index contributed by atoms with van der Waals surface area (Å²) in [6.07, 6.45) is 2.21. The minimum atomic E-state index is 1.11. The van der Waals surface area contributed by atoms with Crippen molar-refractivity contribution in [3.05, 3.63) is 107 Å². The first-order valence-corrected chi connectivity index (χ1v) is 18.3. The normalized spacial score (nSPS) is 11.4. The number of hydrogen-bond acceptors (Lipinski definition) is 6. The molecular formula is C34H26S6. The Balaban J connectivity index is 1.06. The molecule has 7 rings (SSSR count). The Hall–Kier alpha value is -2.58. The summed E-state index contributed by atoms with van der Waals surface area (Å²) in [5.74, 6) is 0. The lowest BCUT2D eigenvalue weighted by molar-refractivity contribution is 1.19. The van der Waals surface area contributed by atoms with Crippen molar-refractivity contribution in [2.24, 2.45) is 0 Å². The number of hydrogen-bond donors (Lipinski definition) is 0. The quantitative estimate of drug-likeness (QED) is 0.157. The summed E-state index contributed by atoms with van der Waals surface area (Å²) in [4.78, 5) is 16.4. The molecule has 0 atom stereocenters. The van der Waals surface area contributed by atoms with Crippen molar-refractivity contribution in [3.8, 4) is 59.9 Å². The van der Waals surface area contributed by atoms with Gasteiger partial charge in [0.05, 0.1) is 0 Å². The summed E-state index contributed by atoms with van der Waals surface area (Å²) in [5, 5.41) is 0. The van der Waals surface area contributed by atoms with Crippen LogP contribution in [0.4, 0.5) is 0 Å². The SMILES string of the molecule is CCc1ccc(-c2ccc(-c3ccc(-c4ccc(-c5ccc(-c6ccc(-c7ccc(CC)s7)s6)s5)cc4)s3)s2)s1. The van der Waals surface area contributed by atoms with Gasteiger partial charge in [-0.1, -0.05) is 38.1 Å². The zero-order valence-corrected chi connectivity index (χ0v) is 27.0. The lowest BCUT2D eigenvalue weighted by Crippen LogP contribution is -1.74. The largest absolute Gasteiger partial charge is 0.139 e. The van der Waals surface area contributed by atoms with Gasteiger partial charge in [-0.3, -0.25) is 0 Å². The van der Waals surface area contributed by atoms with Crippen molar-refractivity contribution in [2.75, 3.05) is 0 Å². The van der Waals surface area contributed by atoms with Crippen LogP contribution in [0.2, 0.25) is 0 Å². The monoisotopic (exact) mass is 626 g/mol. The van der Waals surface area contributed by atoms with Gasteiger partial charge in [0.1, 0.15) is 0 Å². The van der Waals surface area contributed by atoms with Crippen LogP contribution < -0.4 is 0 Å². The van der Waals surface area contributed by atoms with Crippen LogP contribution in [-0.4, -0.2) is 0 Å². The first kappa shape index (κ1) is 26.3. The topological polar surface area (TPSA) is 0 Å². The molecule has 6 heterocycles. The molecule has 0 amide bonds. The molecule has 0 unspecified atom stereocenters. The molecule has 40 heavy (non-hydrogen) atoms. The smallest absolute Gasteiger partial charge is 0.0449 e. The molecule has 0 spiro atoms. The zero-order valence-electron chi connectivity index (χ0n) is 22.1. The first-order chi connectivity index (χ1) is 19.7. The summed E-state index contributed by atoms with van der Waals surface area (Å²) < 4.78 is 0. The van der Waals surface area contributed by atoms with E-state index in [-0.39, 0.29) is 0 Å². The first-order valence-electron chi connectivity index (χ1n) is 13.4. The van der Waals surface area contributed by atoms with Crippen LogP contribution in [0.25, 0.3) is 59.9 Å². The standard InChI is InChI=1S/C34H26S6/c1-3-23-9-11-27(35-23)29-17-19-33(39-29)31-15-13-25(37-31)21-5-7-22(8-6-21)26-14-16-32(38-26)34-20-18-30(40-34)28-12-10-24(4-2)36-28/h5-20H,3-4H2,1-2H3. The van der Waals surface area contributed by atoms with Crippen molar-refractivity contribution < 1.29 is 0 Å². The highest BCUT2D eigenvalue weighted by molar-refractivity contribution is 7.28. The van der Waals surface area contributed by atoms with E-state index in [0.717, 1.165) is 12.8 Å². The van der Waals surface area contributed by atoms with Gasteiger partial charge < -0.3 is 0 Å². The van der Waals surface area contributed by atoms with E-state index < -0.39 is 0 Å². The molecule has 198 valence electrons. The summed E-state index contributed by atoms with van der Waals surface area (Å²) >= 11 is 11.4. The van der Waals surface area contributed by atoms with Crippen LogP contribution in [0.3, 0.4) is 0 Å². The number of thiophene rings is 6. The average molecular weight is 627 g/mol. The summed E-state index contributed by atoms with van der Waals surface area (Å²) in [7, 11) is 0. The fraction of sp³-hybridized carbons (Fsp3) is 0.118. The van der Waals surface area contributed by atoms with Gasteiger partial charge in [0.2, 0.25) is 0 Å². The molecule has 0 aliphatic carbocycles. The highest BCUT2D eigenvalue weighted by atomic mass is 32.1. The molecule has 0 saturated heterocycles. The Morgan fingerprint density at radius 3 is 0.850 bits per heavy atom. The van der Waals surface area contributed by atoms with E-state index in [1.54, 1.807) is 0 Å². The summed E-state index contributed by atoms with van der Waals surface area (Å²) in [6.45, 7) is 4.45. The predicted octanol–water partition coefficient (Wildman–Crippen LogP) is 13.2. The van der Waals surface area contributed by atoms with Gasteiger partial charge in [0, 0.05) is 58.5 Å². The molecule has 0 aliphatic heterocycles. The van der Waals surface area contributed by atoms with Crippen LogP contribution in [0.5, 0.6) is 0 Å². The van der Waals surface area contributed by atoms with E-state index in [1.807, 2.05) is 68.0 Å². The molecule has 6 heteroatoms. The predicted molar refractivity (Wildman–Crippen MR) is 185 cm³/mol. The number of aryl methyl sites for hydroxylation is 2. The van der Waals surface area contributed by atoms with E-state index >= 15 is 0 Å². The molecule has 0 radical (unpaired) electrons. The zero-order chi connectivity index (χ0) is 27.1. The molecule has 6 aromatic heterocycles. The molecule has 1 aromatic carbocycles. The molecule has 0 N–H and O–H groups in total. The molecule has 0 aliphatic rings. The molecule has 0 fully saturated rings. The molecule has 0 nitrogen and oxygen atoms in total. The second-order valence-electron chi connectivity index (χ2n) is 9.47. The van der Waals surface area contributed by atoms with Gasteiger partial charge in [-0.05, 0) is 96.8 Å².